The fraction of sp³-hybridized carbons (Fsp3) is 0.0263. The van der Waals surface area contributed by atoms with Crippen LogP contribution in [-0.4, -0.2) is 4.98 Å². The van der Waals surface area contributed by atoms with Crippen LogP contribution in [0.2, 0.25) is 0 Å². The lowest BCUT2D eigenvalue weighted by molar-refractivity contribution is 0.795. The van der Waals surface area contributed by atoms with E-state index in [4.69, 9.17) is 4.98 Å². The van der Waals surface area contributed by atoms with E-state index >= 15 is 0 Å². The van der Waals surface area contributed by atoms with Crippen LogP contribution in [0.3, 0.4) is 0 Å². The van der Waals surface area contributed by atoms with E-state index in [1.54, 1.807) is 0 Å². The lowest BCUT2D eigenvalue weighted by atomic mass is 9.70. The lowest BCUT2D eigenvalue weighted by Crippen LogP contribution is -2.25. The summed E-state index contributed by atoms with van der Waals surface area (Å²) in [5.74, 6) is 0. The Morgan fingerprint density at radius 1 is 0.450 bits per heavy atom. The summed E-state index contributed by atoms with van der Waals surface area (Å²) in [7, 11) is 0. The molecule has 2 aliphatic carbocycles. The van der Waals surface area contributed by atoms with Crippen molar-refractivity contribution in [3.8, 4) is 33.5 Å². The highest BCUT2D eigenvalue weighted by Gasteiger charge is 2.51. The van der Waals surface area contributed by atoms with Crippen LogP contribution >= 0.6 is 15.9 Å². The van der Waals surface area contributed by atoms with Gasteiger partial charge in [0, 0.05) is 20.8 Å². The molecule has 0 amide bonds. The zero-order chi connectivity index (χ0) is 26.4. The number of aromatic nitrogens is 1. The summed E-state index contributed by atoms with van der Waals surface area (Å²) >= 11 is 3.70. The molecule has 2 heteroatoms. The van der Waals surface area contributed by atoms with Crippen molar-refractivity contribution in [1.29, 1.82) is 0 Å². The van der Waals surface area contributed by atoms with Crippen molar-refractivity contribution in [3.63, 3.8) is 0 Å². The second kappa shape index (κ2) is 8.00. The highest BCUT2D eigenvalue weighted by molar-refractivity contribution is 9.10. The number of hydrogen-bond acceptors (Lipinski definition) is 1. The molecule has 1 nitrogen and oxygen atoms in total. The van der Waals surface area contributed by atoms with Gasteiger partial charge < -0.3 is 0 Å². The Hall–Kier alpha value is -4.53. The third kappa shape index (κ3) is 2.74. The number of halogens is 1. The molecule has 0 bridgehead atoms. The SMILES string of the molecule is Brc1cccc(-c2nc3ccccc3c3cc4c(cc23)C2(c3ccccc3-c3ccccc32)c2ccccc2-4)c1. The normalized spacial score (nSPS) is 13.8. The molecule has 0 N–H and O–H groups in total. The monoisotopic (exact) mass is 571 g/mol. The molecule has 0 fully saturated rings. The predicted octanol–water partition coefficient (Wildman–Crippen LogP) is 10.2. The maximum atomic E-state index is 5.27. The van der Waals surface area contributed by atoms with E-state index in [2.05, 4.69) is 149 Å². The maximum absolute atomic E-state index is 5.27. The highest BCUT2D eigenvalue weighted by atomic mass is 79.9. The van der Waals surface area contributed by atoms with Gasteiger partial charge in [-0.25, -0.2) is 4.98 Å². The summed E-state index contributed by atoms with van der Waals surface area (Å²) in [4.78, 5) is 5.27. The minimum atomic E-state index is -0.368. The number of fused-ring (bicyclic) bond motifs is 13. The first-order chi connectivity index (χ1) is 19.7. The van der Waals surface area contributed by atoms with Gasteiger partial charge in [0.2, 0.25) is 0 Å². The molecular formula is C38H22BrN. The first-order valence-corrected chi connectivity index (χ1v) is 14.5. The van der Waals surface area contributed by atoms with Crippen molar-refractivity contribution in [2.45, 2.75) is 5.41 Å². The molecule has 9 rings (SSSR count). The molecular weight excluding hydrogens is 550 g/mol. The van der Waals surface area contributed by atoms with Gasteiger partial charge >= 0.3 is 0 Å². The fourth-order valence-electron chi connectivity index (χ4n) is 7.39. The molecule has 1 spiro atoms. The van der Waals surface area contributed by atoms with E-state index in [1.165, 1.54) is 60.7 Å². The Morgan fingerprint density at radius 3 is 1.73 bits per heavy atom. The minimum absolute atomic E-state index is 0.368. The molecule has 0 atom stereocenters. The van der Waals surface area contributed by atoms with Crippen LogP contribution in [0.25, 0.3) is 55.2 Å². The topological polar surface area (TPSA) is 12.9 Å². The van der Waals surface area contributed by atoms with Gasteiger partial charge in [0.05, 0.1) is 16.6 Å². The second-order valence-corrected chi connectivity index (χ2v) is 11.7. The van der Waals surface area contributed by atoms with Crippen molar-refractivity contribution in [3.05, 3.63) is 160 Å². The summed E-state index contributed by atoms with van der Waals surface area (Å²) < 4.78 is 1.05. The Balaban J connectivity index is 1.49. The maximum Gasteiger partial charge on any atom is 0.0788 e. The van der Waals surface area contributed by atoms with Crippen molar-refractivity contribution in [2.75, 3.05) is 0 Å². The van der Waals surface area contributed by atoms with Crippen molar-refractivity contribution in [2.24, 2.45) is 0 Å². The Morgan fingerprint density at radius 2 is 1.05 bits per heavy atom. The van der Waals surface area contributed by atoms with Gasteiger partial charge in [0.15, 0.2) is 0 Å². The molecule has 0 radical (unpaired) electrons. The Labute approximate surface area is 240 Å². The molecule has 6 aromatic carbocycles. The molecule has 40 heavy (non-hydrogen) atoms. The van der Waals surface area contributed by atoms with E-state index < -0.39 is 0 Å². The van der Waals surface area contributed by atoms with Gasteiger partial charge in [0.1, 0.15) is 0 Å². The van der Waals surface area contributed by atoms with Crippen LogP contribution in [0, 0.1) is 0 Å². The predicted molar refractivity (Wildman–Crippen MR) is 169 cm³/mol. The largest absolute Gasteiger partial charge is 0.247 e. The number of para-hydroxylation sites is 1. The molecule has 0 saturated carbocycles. The van der Waals surface area contributed by atoms with Crippen molar-refractivity contribution < 1.29 is 0 Å². The van der Waals surface area contributed by atoms with Gasteiger partial charge in [-0.05, 0) is 80.2 Å². The smallest absolute Gasteiger partial charge is 0.0788 e. The third-order valence-corrected chi connectivity index (χ3v) is 9.41. The summed E-state index contributed by atoms with van der Waals surface area (Å²) in [5, 5.41) is 3.61. The molecule has 2 aliphatic rings. The number of rotatable bonds is 1. The molecule has 186 valence electrons. The van der Waals surface area contributed by atoms with E-state index in [9.17, 15) is 0 Å². The van der Waals surface area contributed by atoms with E-state index in [-0.39, 0.29) is 5.41 Å². The van der Waals surface area contributed by atoms with Crippen molar-refractivity contribution in [1.82, 2.24) is 4.98 Å². The Bertz CT molecular complexity index is 2150. The zero-order valence-electron chi connectivity index (χ0n) is 21.5. The van der Waals surface area contributed by atoms with Gasteiger partial charge in [-0.1, -0.05) is 119 Å². The molecule has 0 aliphatic heterocycles. The molecule has 0 saturated heterocycles. The molecule has 1 aromatic heterocycles. The molecule has 0 unspecified atom stereocenters. The first kappa shape index (κ1) is 22.3. The number of hydrogen-bond donors (Lipinski definition) is 0. The van der Waals surface area contributed by atoms with Gasteiger partial charge in [-0.15, -0.1) is 0 Å². The van der Waals surface area contributed by atoms with Crippen LogP contribution in [0.15, 0.2) is 138 Å². The zero-order valence-corrected chi connectivity index (χ0v) is 23.1. The van der Waals surface area contributed by atoms with E-state index in [0.29, 0.717) is 0 Å². The summed E-state index contributed by atoms with van der Waals surface area (Å²) in [6.07, 6.45) is 0. The first-order valence-electron chi connectivity index (χ1n) is 13.7. The Kier molecular flexibility index (Phi) is 4.46. The second-order valence-electron chi connectivity index (χ2n) is 10.8. The number of nitrogens with zero attached hydrogens (tertiary/aromatic N) is 1. The van der Waals surface area contributed by atoms with Crippen LogP contribution in [-0.2, 0) is 5.41 Å². The van der Waals surface area contributed by atoms with E-state index in [0.717, 1.165) is 21.2 Å². The van der Waals surface area contributed by atoms with Crippen LogP contribution in [0.5, 0.6) is 0 Å². The van der Waals surface area contributed by atoms with Crippen LogP contribution < -0.4 is 0 Å². The molecule has 7 aromatic rings. The number of pyridine rings is 1. The number of benzene rings is 6. The van der Waals surface area contributed by atoms with Crippen molar-refractivity contribution >= 4 is 37.6 Å². The quantitative estimate of drug-likeness (QED) is 0.178. The summed E-state index contributed by atoms with van der Waals surface area (Å²) in [5.41, 5.74) is 13.5. The summed E-state index contributed by atoms with van der Waals surface area (Å²) in [6, 6.07) is 48.9. The standard InChI is InChI=1S/C38H22BrN/c39-24-11-9-10-23(20-24)37-31-22-35-30(21-29(31)28-15-4-8-19-36(28)40-37)27-14-3-7-18-34(27)38(35)32-16-5-1-12-25(32)26-13-2-6-17-33(26)38/h1-22H. The lowest BCUT2D eigenvalue weighted by Gasteiger charge is -2.30. The van der Waals surface area contributed by atoms with Gasteiger partial charge in [-0.2, -0.15) is 0 Å². The van der Waals surface area contributed by atoms with Crippen LogP contribution in [0.1, 0.15) is 22.3 Å². The third-order valence-electron chi connectivity index (χ3n) is 8.91. The van der Waals surface area contributed by atoms with Gasteiger partial charge in [-0.3, -0.25) is 0 Å². The molecule has 1 heterocycles. The van der Waals surface area contributed by atoms with Crippen LogP contribution in [0.4, 0.5) is 0 Å². The highest BCUT2D eigenvalue weighted by Crippen LogP contribution is 2.63. The average molecular weight is 573 g/mol. The van der Waals surface area contributed by atoms with E-state index in [1.807, 2.05) is 0 Å². The summed E-state index contributed by atoms with van der Waals surface area (Å²) in [6.45, 7) is 0. The fourth-order valence-corrected chi connectivity index (χ4v) is 7.79. The minimum Gasteiger partial charge on any atom is -0.247 e. The average Bonchev–Trinajstić information content (AvgIpc) is 3.47. The van der Waals surface area contributed by atoms with Gasteiger partial charge in [0.25, 0.3) is 0 Å².